The molecule has 5 N–H and O–H groups in total. The van der Waals surface area contributed by atoms with Crippen molar-refractivity contribution in [3.05, 3.63) is 65.9 Å². The van der Waals surface area contributed by atoms with Crippen LogP contribution in [-0.2, 0) is 19.8 Å². The maximum absolute atomic E-state index is 14.0. The number of fused-ring (bicyclic) bond motifs is 3. The second-order valence-corrected chi connectivity index (χ2v) is 10.4. The summed E-state index contributed by atoms with van der Waals surface area (Å²) in [5.74, 6) is -1.03. The van der Waals surface area contributed by atoms with Crippen molar-refractivity contribution in [3.63, 3.8) is 0 Å². The van der Waals surface area contributed by atoms with Gasteiger partial charge < -0.3 is 31.2 Å². The Morgan fingerprint density at radius 2 is 1.74 bits per heavy atom. The van der Waals surface area contributed by atoms with Crippen molar-refractivity contribution in [1.82, 2.24) is 25.8 Å². The Hall–Kier alpha value is -3.85. The van der Waals surface area contributed by atoms with E-state index in [1.165, 1.54) is 11.3 Å². The van der Waals surface area contributed by atoms with E-state index in [9.17, 15) is 14.4 Å². The molecule has 0 unspecified atom stereocenters. The van der Waals surface area contributed by atoms with Gasteiger partial charge in [-0.05, 0) is 43.1 Å². The topological polar surface area (TPSA) is 118 Å². The number of benzene rings is 2. The Kier molecular flexibility index (Phi) is 7.37. The SMILES string of the molecule is CNCC(=O)NCC(=O)N[C@@H](C(=O)N1CCC2(CC1)CNc1ccccc12)[C@H](C)c1c[nH]c2ccccc12. The molecule has 3 aromatic rings. The minimum absolute atomic E-state index is 0.0339. The van der Waals surface area contributed by atoms with Crippen LogP contribution < -0.4 is 21.3 Å². The van der Waals surface area contributed by atoms with Crippen LogP contribution in [0.4, 0.5) is 5.69 Å². The highest BCUT2D eigenvalue weighted by molar-refractivity contribution is 5.92. The molecular formula is C29H36N6O3. The molecule has 5 rings (SSSR count). The zero-order chi connectivity index (χ0) is 26.7. The van der Waals surface area contributed by atoms with E-state index < -0.39 is 6.04 Å². The molecule has 1 saturated heterocycles. The minimum Gasteiger partial charge on any atom is -0.384 e. The maximum atomic E-state index is 14.0. The molecule has 0 saturated carbocycles. The summed E-state index contributed by atoms with van der Waals surface area (Å²) in [6, 6.07) is 15.6. The number of hydrogen-bond acceptors (Lipinski definition) is 5. The van der Waals surface area contributed by atoms with Crippen LogP contribution in [0.3, 0.4) is 0 Å². The van der Waals surface area contributed by atoms with Crippen molar-refractivity contribution in [2.45, 2.75) is 37.1 Å². The largest absolute Gasteiger partial charge is 0.384 e. The van der Waals surface area contributed by atoms with E-state index in [0.717, 1.165) is 35.9 Å². The van der Waals surface area contributed by atoms with Crippen LogP contribution in [0, 0.1) is 0 Å². The average molecular weight is 517 g/mol. The fraction of sp³-hybridized carbons (Fsp3) is 0.414. The summed E-state index contributed by atoms with van der Waals surface area (Å²) in [4.78, 5) is 43.9. The van der Waals surface area contributed by atoms with Gasteiger partial charge in [0.1, 0.15) is 6.04 Å². The van der Waals surface area contributed by atoms with E-state index >= 15 is 0 Å². The van der Waals surface area contributed by atoms with Crippen LogP contribution in [-0.4, -0.2) is 73.4 Å². The number of aromatic nitrogens is 1. The van der Waals surface area contributed by atoms with Gasteiger partial charge in [0.25, 0.3) is 0 Å². The van der Waals surface area contributed by atoms with Gasteiger partial charge in [-0.15, -0.1) is 0 Å². The maximum Gasteiger partial charge on any atom is 0.245 e. The number of rotatable bonds is 8. The molecule has 3 amide bonds. The van der Waals surface area contributed by atoms with E-state index in [-0.39, 0.29) is 42.1 Å². The molecule has 0 bridgehead atoms. The molecule has 0 aliphatic carbocycles. The highest BCUT2D eigenvalue weighted by Gasteiger charge is 2.43. The van der Waals surface area contributed by atoms with Crippen LogP contribution in [0.15, 0.2) is 54.7 Å². The van der Waals surface area contributed by atoms with Gasteiger partial charge in [-0.1, -0.05) is 43.3 Å². The van der Waals surface area contributed by atoms with Gasteiger partial charge in [0, 0.05) is 53.8 Å². The zero-order valence-electron chi connectivity index (χ0n) is 22.0. The van der Waals surface area contributed by atoms with Gasteiger partial charge in [0.15, 0.2) is 0 Å². The van der Waals surface area contributed by atoms with E-state index in [0.29, 0.717) is 13.1 Å². The van der Waals surface area contributed by atoms with E-state index in [4.69, 9.17) is 0 Å². The van der Waals surface area contributed by atoms with E-state index in [1.807, 2.05) is 48.4 Å². The second-order valence-electron chi connectivity index (χ2n) is 10.4. The first kappa shape index (κ1) is 25.8. The summed E-state index contributed by atoms with van der Waals surface area (Å²) in [5.41, 5.74) is 4.51. The molecule has 3 heterocycles. The summed E-state index contributed by atoms with van der Waals surface area (Å²) < 4.78 is 0. The Morgan fingerprint density at radius 3 is 2.53 bits per heavy atom. The van der Waals surface area contributed by atoms with Gasteiger partial charge in [0.2, 0.25) is 17.7 Å². The van der Waals surface area contributed by atoms with Crippen molar-refractivity contribution in [3.8, 4) is 0 Å². The van der Waals surface area contributed by atoms with Crippen LogP contribution in [0.2, 0.25) is 0 Å². The van der Waals surface area contributed by atoms with Crippen LogP contribution in [0.5, 0.6) is 0 Å². The van der Waals surface area contributed by atoms with Gasteiger partial charge in [-0.2, -0.15) is 0 Å². The number of likely N-dealkylation sites (tertiary alicyclic amines) is 1. The number of hydrogen-bond donors (Lipinski definition) is 5. The van der Waals surface area contributed by atoms with Gasteiger partial charge in [0.05, 0.1) is 13.1 Å². The third-order valence-corrected chi connectivity index (χ3v) is 8.13. The molecule has 2 aliphatic rings. The number of amides is 3. The number of carbonyl (C=O) groups excluding carboxylic acids is 3. The van der Waals surface area contributed by atoms with Crippen LogP contribution >= 0.6 is 0 Å². The standard InChI is InChI=1S/C29H36N6O3/c1-19(21-15-31-23-9-5-3-7-20(21)23)27(34-26(37)17-32-25(36)16-30-2)28(38)35-13-11-29(12-14-35)18-33-24-10-6-4-8-22(24)29/h3-10,15,19,27,30-31,33H,11-14,16-18H2,1-2H3,(H,32,36)(H,34,37)/t19-,27-/m1/s1. The van der Waals surface area contributed by atoms with E-state index in [2.05, 4.69) is 44.5 Å². The first-order valence-corrected chi connectivity index (χ1v) is 13.3. The fourth-order valence-corrected chi connectivity index (χ4v) is 5.93. The third-order valence-electron chi connectivity index (χ3n) is 8.13. The van der Waals surface area contributed by atoms with Crippen LogP contribution in [0.25, 0.3) is 10.9 Å². The average Bonchev–Trinajstić information content (AvgIpc) is 3.53. The Balaban J connectivity index is 1.33. The third kappa shape index (κ3) is 4.98. The van der Waals surface area contributed by atoms with Crippen molar-refractivity contribution in [2.75, 3.05) is 45.1 Å². The van der Waals surface area contributed by atoms with Gasteiger partial charge >= 0.3 is 0 Å². The number of likely N-dealkylation sites (N-methyl/N-ethyl adjacent to an activating group) is 1. The monoisotopic (exact) mass is 516 g/mol. The number of aromatic amines is 1. The molecular weight excluding hydrogens is 480 g/mol. The summed E-state index contributed by atoms with van der Waals surface area (Å²) >= 11 is 0. The molecule has 1 spiro atoms. The highest BCUT2D eigenvalue weighted by atomic mass is 16.2. The summed E-state index contributed by atoms with van der Waals surface area (Å²) in [7, 11) is 1.67. The lowest BCUT2D eigenvalue weighted by Crippen LogP contribution is -2.56. The predicted molar refractivity (Wildman–Crippen MR) is 148 cm³/mol. The number of H-pyrrole nitrogens is 1. The van der Waals surface area contributed by atoms with Gasteiger partial charge in [-0.3, -0.25) is 14.4 Å². The Morgan fingerprint density at radius 1 is 1.00 bits per heavy atom. The molecule has 1 fully saturated rings. The highest BCUT2D eigenvalue weighted by Crippen LogP contribution is 2.44. The van der Waals surface area contributed by atoms with Crippen LogP contribution in [0.1, 0.15) is 36.8 Å². The normalized spacial score (nSPS) is 17.5. The second kappa shape index (κ2) is 10.9. The number of carbonyl (C=O) groups is 3. The molecule has 0 radical (unpaired) electrons. The van der Waals surface area contributed by atoms with Gasteiger partial charge in [-0.25, -0.2) is 0 Å². The number of anilines is 1. The Labute approximate surface area is 222 Å². The van der Waals surface area contributed by atoms with Crippen molar-refractivity contribution in [2.24, 2.45) is 0 Å². The smallest absolute Gasteiger partial charge is 0.245 e. The number of nitrogens with one attached hydrogen (secondary N) is 5. The van der Waals surface area contributed by atoms with Crippen molar-refractivity contribution in [1.29, 1.82) is 0 Å². The molecule has 38 heavy (non-hydrogen) atoms. The summed E-state index contributed by atoms with van der Waals surface area (Å²) in [5, 5.41) is 12.9. The summed E-state index contributed by atoms with van der Waals surface area (Å²) in [6.45, 7) is 4.04. The number of nitrogens with zero attached hydrogens (tertiary/aromatic N) is 1. The molecule has 2 atom stereocenters. The lowest BCUT2D eigenvalue weighted by Gasteiger charge is -2.41. The molecule has 1 aromatic heterocycles. The molecule has 9 nitrogen and oxygen atoms in total. The lowest BCUT2D eigenvalue weighted by molar-refractivity contribution is -0.138. The summed E-state index contributed by atoms with van der Waals surface area (Å²) in [6.07, 6.45) is 3.65. The van der Waals surface area contributed by atoms with Crippen molar-refractivity contribution >= 4 is 34.3 Å². The lowest BCUT2D eigenvalue weighted by atomic mass is 9.74. The number of para-hydroxylation sites is 2. The molecule has 2 aliphatic heterocycles. The number of piperidine rings is 1. The molecule has 9 heteroatoms. The van der Waals surface area contributed by atoms with E-state index in [1.54, 1.807) is 7.05 Å². The first-order valence-electron chi connectivity index (χ1n) is 13.3. The fourth-order valence-electron chi connectivity index (χ4n) is 5.93. The zero-order valence-corrected chi connectivity index (χ0v) is 22.0. The molecule has 200 valence electrons. The first-order chi connectivity index (χ1) is 18.4. The van der Waals surface area contributed by atoms with Crippen molar-refractivity contribution < 1.29 is 14.4 Å². The molecule has 2 aromatic carbocycles. The minimum atomic E-state index is -0.758. The predicted octanol–water partition coefficient (Wildman–Crippen LogP) is 2.08. The Bertz CT molecular complexity index is 1330. The quantitative estimate of drug-likeness (QED) is 0.314.